The highest BCUT2D eigenvalue weighted by atomic mass is 16.4. The summed E-state index contributed by atoms with van der Waals surface area (Å²) in [6.07, 6.45) is 3.58. The lowest BCUT2D eigenvalue weighted by atomic mass is 9.81. The van der Waals surface area contributed by atoms with Crippen LogP contribution in [0.25, 0.3) is 0 Å². The summed E-state index contributed by atoms with van der Waals surface area (Å²) in [4.78, 5) is 23.9. The second kappa shape index (κ2) is 5.87. The molecule has 102 valence electrons. The molecule has 2 rings (SSSR count). The highest BCUT2D eigenvalue weighted by molar-refractivity contribution is 5.81. The molecule has 0 saturated heterocycles. The van der Waals surface area contributed by atoms with Crippen LogP contribution in [0.2, 0.25) is 0 Å². The maximum Gasteiger partial charge on any atom is 0.323 e. The van der Waals surface area contributed by atoms with Crippen molar-refractivity contribution in [1.82, 2.24) is 4.90 Å². The van der Waals surface area contributed by atoms with Crippen LogP contribution in [-0.4, -0.2) is 35.5 Å². The third kappa shape index (κ3) is 3.34. The number of likely N-dealkylation sites (N-methyl/N-ethyl adjacent to an activating group) is 1. The van der Waals surface area contributed by atoms with E-state index in [2.05, 4.69) is 12.1 Å². The first-order valence-electron chi connectivity index (χ1n) is 6.61. The number of carboxylic acid groups (broad SMARTS) is 1. The number of aliphatic carboxylic acids is 1. The Labute approximate surface area is 113 Å². The molecule has 0 fully saturated rings. The molecule has 0 aliphatic heterocycles. The van der Waals surface area contributed by atoms with Gasteiger partial charge in [-0.3, -0.25) is 9.59 Å². The lowest BCUT2D eigenvalue weighted by Crippen LogP contribution is -2.33. The standard InChI is InChI=1S/C15H19NO3/c1-16(10-15(18)19)14(17)9-12-7-4-6-11-5-2-3-8-13(11)12/h2-3,5,8,12H,4,6-7,9-10H2,1H3,(H,18,19). The van der Waals surface area contributed by atoms with Gasteiger partial charge in [-0.15, -0.1) is 0 Å². The van der Waals surface area contributed by atoms with Crippen LogP contribution < -0.4 is 0 Å². The van der Waals surface area contributed by atoms with Gasteiger partial charge in [-0.25, -0.2) is 0 Å². The predicted octanol–water partition coefficient (Wildman–Crippen LogP) is 2.04. The van der Waals surface area contributed by atoms with Crippen LogP contribution in [0, 0.1) is 0 Å². The van der Waals surface area contributed by atoms with Crippen molar-refractivity contribution in [2.75, 3.05) is 13.6 Å². The van der Waals surface area contributed by atoms with Crippen molar-refractivity contribution in [3.63, 3.8) is 0 Å². The van der Waals surface area contributed by atoms with E-state index in [1.54, 1.807) is 7.05 Å². The molecule has 4 heteroatoms. The number of rotatable bonds is 4. The van der Waals surface area contributed by atoms with E-state index in [-0.39, 0.29) is 18.4 Å². The van der Waals surface area contributed by atoms with Gasteiger partial charge < -0.3 is 10.0 Å². The largest absolute Gasteiger partial charge is 0.480 e. The Morgan fingerprint density at radius 1 is 1.37 bits per heavy atom. The molecule has 1 aromatic carbocycles. The first-order valence-corrected chi connectivity index (χ1v) is 6.61. The average molecular weight is 261 g/mol. The lowest BCUT2D eigenvalue weighted by Gasteiger charge is -2.26. The van der Waals surface area contributed by atoms with Crippen LogP contribution in [0.1, 0.15) is 36.3 Å². The van der Waals surface area contributed by atoms with E-state index in [0.29, 0.717) is 6.42 Å². The number of fused-ring (bicyclic) bond motifs is 1. The summed E-state index contributed by atoms with van der Waals surface area (Å²) < 4.78 is 0. The van der Waals surface area contributed by atoms with Crippen LogP contribution in [0.5, 0.6) is 0 Å². The Morgan fingerprint density at radius 2 is 2.11 bits per heavy atom. The topological polar surface area (TPSA) is 57.6 Å². The zero-order valence-corrected chi connectivity index (χ0v) is 11.1. The molecule has 0 bridgehead atoms. The van der Waals surface area contributed by atoms with Gasteiger partial charge in [0.15, 0.2) is 0 Å². The highest BCUT2D eigenvalue weighted by Crippen LogP contribution is 2.34. The Bertz CT molecular complexity index is 484. The molecular formula is C15H19NO3. The lowest BCUT2D eigenvalue weighted by molar-refractivity contribution is -0.143. The maximum atomic E-state index is 12.0. The van der Waals surface area contributed by atoms with E-state index in [1.165, 1.54) is 16.0 Å². The maximum absolute atomic E-state index is 12.0. The van der Waals surface area contributed by atoms with Gasteiger partial charge in [-0.05, 0) is 36.3 Å². The highest BCUT2D eigenvalue weighted by Gasteiger charge is 2.24. The van der Waals surface area contributed by atoms with E-state index in [0.717, 1.165) is 19.3 Å². The van der Waals surface area contributed by atoms with Crippen molar-refractivity contribution in [2.24, 2.45) is 0 Å². The van der Waals surface area contributed by atoms with E-state index in [9.17, 15) is 9.59 Å². The fourth-order valence-corrected chi connectivity index (χ4v) is 2.72. The Kier molecular flexibility index (Phi) is 4.20. The first kappa shape index (κ1) is 13.6. The van der Waals surface area contributed by atoms with Gasteiger partial charge in [0.25, 0.3) is 0 Å². The van der Waals surface area contributed by atoms with E-state index < -0.39 is 5.97 Å². The molecule has 1 atom stereocenters. The number of hydrogen-bond donors (Lipinski definition) is 1. The first-order chi connectivity index (χ1) is 9.08. The summed E-state index contributed by atoms with van der Waals surface area (Å²) in [5, 5.41) is 8.70. The molecule has 1 N–H and O–H groups in total. The zero-order valence-electron chi connectivity index (χ0n) is 11.1. The van der Waals surface area contributed by atoms with Crippen LogP contribution in [0.15, 0.2) is 24.3 Å². The Hall–Kier alpha value is -1.84. The van der Waals surface area contributed by atoms with Gasteiger partial charge in [-0.1, -0.05) is 24.3 Å². The second-order valence-corrected chi connectivity index (χ2v) is 5.14. The molecule has 0 aromatic heterocycles. The number of carbonyl (C=O) groups is 2. The molecule has 0 radical (unpaired) electrons. The fourth-order valence-electron chi connectivity index (χ4n) is 2.72. The second-order valence-electron chi connectivity index (χ2n) is 5.14. The number of carboxylic acids is 1. The minimum absolute atomic E-state index is 0.0934. The molecule has 19 heavy (non-hydrogen) atoms. The minimum atomic E-state index is -0.972. The van der Waals surface area contributed by atoms with Crippen LogP contribution in [0.4, 0.5) is 0 Å². The van der Waals surface area contributed by atoms with Gasteiger partial charge in [0.2, 0.25) is 5.91 Å². The molecule has 1 aliphatic rings. The average Bonchev–Trinajstić information content (AvgIpc) is 2.38. The van der Waals surface area contributed by atoms with Gasteiger partial charge >= 0.3 is 5.97 Å². The van der Waals surface area contributed by atoms with Crippen molar-refractivity contribution in [3.8, 4) is 0 Å². The summed E-state index contributed by atoms with van der Waals surface area (Å²) >= 11 is 0. The van der Waals surface area contributed by atoms with Gasteiger partial charge in [0.1, 0.15) is 6.54 Å². The molecule has 4 nitrogen and oxygen atoms in total. The van der Waals surface area contributed by atoms with Gasteiger partial charge in [0, 0.05) is 13.5 Å². The smallest absolute Gasteiger partial charge is 0.323 e. The summed E-state index contributed by atoms with van der Waals surface area (Å²) in [6, 6.07) is 8.23. The van der Waals surface area contributed by atoms with Gasteiger partial charge in [0.05, 0.1) is 0 Å². The Morgan fingerprint density at radius 3 is 2.84 bits per heavy atom. The normalized spacial score (nSPS) is 17.6. The van der Waals surface area contributed by atoms with Crippen molar-refractivity contribution in [1.29, 1.82) is 0 Å². The van der Waals surface area contributed by atoms with E-state index in [1.807, 2.05) is 12.1 Å². The summed E-state index contributed by atoms with van der Waals surface area (Å²) in [5.74, 6) is -0.835. The van der Waals surface area contributed by atoms with Crippen molar-refractivity contribution in [3.05, 3.63) is 35.4 Å². The van der Waals surface area contributed by atoms with Crippen LogP contribution >= 0.6 is 0 Å². The van der Waals surface area contributed by atoms with Crippen LogP contribution in [-0.2, 0) is 16.0 Å². The van der Waals surface area contributed by atoms with Crippen molar-refractivity contribution >= 4 is 11.9 Å². The number of carbonyl (C=O) groups excluding carboxylic acids is 1. The number of nitrogens with zero attached hydrogens (tertiary/aromatic N) is 1. The number of hydrogen-bond acceptors (Lipinski definition) is 2. The summed E-state index contributed by atoms with van der Waals surface area (Å²) in [7, 11) is 1.55. The molecule has 1 aromatic rings. The third-order valence-electron chi connectivity index (χ3n) is 3.71. The monoisotopic (exact) mass is 261 g/mol. The summed E-state index contributed by atoms with van der Waals surface area (Å²) in [6.45, 7) is -0.229. The Balaban J connectivity index is 2.04. The molecule has 0 saturated carbocycles. The number of benzene rings is 1. The van der Waals surface area contributed by atoms with E-state index in [4.69, 9.17) is 5.11 Å². The summed E-state index contributed by atoms with van der Waals surface area (Å²) in [5.41, 5.74) is 2.58. The number of aryl methyl sites for hydroxylation is 1. The van der Waals surface area contributed by atoms with Gasteiger partial charge in [-0.2, -0.15) is 0 Å². The van der Waals surface area contributed by atoms with Crippen LogP contribution in [0.3, 0.4) is 0 Å². The van der Waals surface area contributed by atoms with E-state index >= 15 is 0 Å². The molecule has 1 aliphatic carbocycles. The molecule has 1 amide bonds. The van der Waals surface area contributed by atoms with Crippen molar-refractivity contribution in [2.45, 2.75) is 31.6 Å². The quantitative estimate of drug-likeness (QED) is 0.902. The molecule has 0 spiro atoms. The third-order valence-corrected chi connectivity index (χ3v) is 3.71. The fraction of sp³-hybridized carbons (Fsp3) is 0.467. The molecule has 1 unspecified atom stereocenters. The number of amides is 1. The predicted molar refractivity (Wildman–Crippen MR) is 72.0 cm³/mol. The zero-order chi connectivity index (χ0) is 13.8. The van der Waals surface area contributed by atoms with Crippen molar-refractivity contribution < 1.29 is 14.7 Å². The SMILES string of the molecule is CN(CC(=O)O)C(=O)CC1CCCc2ccccc21. The molecule has 0 heterocycles. The minimum Gasteiger partial charge on any atom is -0.480 e. The molecular weight excluding hydrogens is 242 g/mol.